The molecule has 1 aromatic heterocycles. The number of aromatic nitrogens is 2. The molecule has 0 atom stereocenters. The lowest BCUT2D eigenvalue weighted by Crippen LogP contribution is -2.29. The molecule has 7 nitrogen and oxygen atoms in total. The molecular weight excluding hydrogens is 298 g/mol. The van der Waals surface area contributed by atoms with Gasteiger partial charge in [0.15, 0.2) is 5.56 Å². The van der Waals surface area contributed by atoms with E-state index in [0.717, 1.165) is 16.9 Å². The van der Waals surface area contributed by atoms with Crippen LogP contribution in [-0.2, 0) is 4.74 Å². The Balaban J connectivity index is 2.69. The number of hydrogen-bond donors (Lipinski definition) is 1. The van der Waals surface area contributed by atoms with Gasteiger partial charge in [0.05, 0.1) is 19.4 Å². The molecule has 0 bridgehead atoms. The number of esters is 1. The lowest BCUT2D eigenvalue weighted by Gasteiger charge is -2.15. The van der Waals surface area contributed by atoms with Crippen LogP contribution in [0.1, 0.15) is 28.4 Å². The zero-order valence-electron chi connectivity index (χ0n) is 13.5. The van der Waals surface area contributed by atoms with Crippen LogP contribution in [-0.4, -0.2) is 29.2 Å². The number of carbonyl (C=O) groups excluding carboxylic acids is 1. The molecule has 0 aliphatic rings. The topological polar surface area (TPSA) is 96.4 Å². The first-order valence-corrected chi connectivity index (χ1v) is 7.10. The van der Waals surface area contributed by atoms with E-state index in [1.54, 1.807) is 0 Å². The molecule has 122 valence electrons. The molecule has 0 radical (unpaired) electrons. The monoisotopic (exact) mass is 317 g/mol. The molecule has 2 aromatic rings. The van der Waals surface area contributed by atoms with Crippen molar-refractivity contribution in [1.29, 1.82) is 0 Å². The molecule has 1 heterocycles. The number of nitrogen functional groups attached to an aromatic ring is 1. The zero-order valence-corrected chi connectivity index (χ0v) is 13.5. The Morgan fingerprint density at radius 3 is 2.43 bits per heavy atom. The lowest BCUT2D eigenvalue weighted by molar-refractivity contribution is 0.0599. The van der Waals surface area contributed by atoms with Crippen LogP contribution in [0.4, 0.5) is 5.82 Å². The smallest absolute Gasteiger partial charge is 0.347 e. The maximum Gasteiger partial charge on any atom is 0.347 e. The summed E-state index contributed by atoms with van der Waals surface area (Å²) in [5.74, 6) is -0.245. The Morgan fingerprint density at radius 2 is 1.91 bits per heavy atom. The van der Waals surface area contributed by atoms with Crippen LogP contribution in [0.3, 0.4) is 0 Å². The Kier molecular flexibility index (Phi) is 4.68. The van der Waals surface area contributed by atoms with E-state index < -0.39 is 11.5 Å². The molecule has 0 fully saturated rings. The van der Waals surface area contributed by atoms with Crippen molar-refractivity contribution in [3.63, 3.8) is 0 Å². The summed E-state index contributed by atoms with van der Waals surface area (Å²) in [7, 11) is 1.19. The quantitative estimate of drug-likeness (QED) is 0.861. The van der Waals surface area contributed by atoms with E-state index in [9.17, 15) is 9.59 Å². The van der Waals surface area contributed by atoms with Crippen LogP contribution in [0.15, 0.2) is 23.3 Å². The van der Waals surface area contributed by atoms with Crippen molar-refractivity contribution in [3.8, 4) is 11.4 Å². The second-order valence-electron chi connectivity index (χ2n) is 5.01. The normalized spacial score (nSPS) is 10.4. The number of nitrogens with two attached hydrogens (primary N) is 1. The maximum absolute atomic E-state index is 12.6. The summed E-state index contributed by atoms with van der Waals surface area (Å²) in [6, 6.07) is 3.65. The molecule has 0 amide bonds. The number of aryl methyl sites for hydroxylation is 2. The molecular formula is C16H19N3O4. The number of ether oxygens (including phenoxy) is 2. The van der Waals surface area contributed by atoms with Gasteiger partial charge in [0, 0.05) is 0 Å². The van der Waals surface area contributed by atoms with Gasteiger partial charge in [-0.3, -0.25) is 9.36 Å². The molecule has 0 saturated heterocycles. The maximum atomic E-state index is 12.6. The first-order chi connectivity index (χ1) is 10.9. The standard InChI is InChI=1S/C16H19N3O4/c1-5-23-11-6-9(2)13(10(3)7-11)19-8-18-14(17)12(15(19)20)16(21)22-4/h6-8H,5,17H2,1-4H3. The fraction of sp³-hybridized carbons (Fsp3) is 0.312. The molecule has 2 N–H and O–H groups in total. The van der Waals surface area contributed by atoms with Crippen molar-refractivity contribution in [1.82, 2.24) is 9.55 Å². The van der Waals surface area contributed by atoms with Crippen molar-refractivity contribution in [3.05, 3.63) is 45.5 Å². The van der Waals surface area contributed by atoms with Gasteiger partial charge in [0.2, 0.25) is 0 Å². The zero-order chi connectivity index (χ0) is 17.1. The SMILES string of the molecule is CCOc1cc(C)c(-n2cnc(N)c(C(=O)OC)c2=O)c(C)c1. The third kappa shape index (κ3) is 3.03. The van der Waals surface area contributed by atoms with Crippen molar-refractivity contribution in [2.75, 3.05) is 19.5 Å². The number of carbonyl (C=O) groups is 1. The van der Waals surface area contributed by atoms with Crippen molar-refractivity contribution in [2.24, 2.45) is 0 Å². The lowest BCUT2D eigenvalue weighted by atomic mass is 10.1. The summed E-state index contributed by atoms with van der Waals surface area (Å²) in [4.78, 5) is 28.3. The van der Waals surface area contributed by atoms with Gasteiger partial charge >= 0.3 is 5.97 Å². The number of benzene rings is 1. The number of hydrogen-bond acceptors (Lipinski definition) is 6. The Morgan fingerprint density at radius 1 is 1.30 bits per heavy atom. The van der Waals surface area contributed by atoms with Gasteiger partial charge in [0.1, 0.15) is 17.9 Å². The highest BCUT2D eigenvalue weighted by Gasteiger charge is 2.20. The number of anilines is 1. The van der Waals surface area contributed by atoms with E-state index in [2.05, 4.69) is 9.72 Å². The van der Waals surface area contributed by atoms with Gasteiger partial charge in [-0.15, -0.1) is 0 Å². The number of nitrogens with zero attached hydrogens (tertiary/aromatic N) is 2. The first kappa shape index (κ1) is 16.5. The first-order valence-electron chi connectivity index (χ1n) is 7.10. The van der Waals surface area contributed by atoms with Crippen LogP contribution in [0, 0.1) is 13.8 Å². The third-order valence-corrected chi connectivity index (χ3v) is 3.41. The van der Waals surface area contributed by atoms with E-state index >= 15 is 0 Å². The van der Waals surface area contributed by atoms with Crippen LogP contribution in [0.2, 0.25) is 0 Å². The summed E-state index contributed by atoms with van der Waals surface area (Å²) in [6.07, 6.45) is 1.31. The summed E-state index contributed by atoms with van der Waals surface area (Å²) < 4.78 is 11.4. The highest BCUT2D eigenvalue weighted by Crippen LogP contribution is 2.24. The molecule has 2 rings (SSSR count). The van der Waals surface area contributed by atoms with Crippen molar-refractivity contribution in [2.45, 2.75) is 20.8 Å². The van der Waals surface area contributed by atoms with Gasteiger partial charge in [-0.25, -0.2) is 9.78 Å². The minimum absolute atomic E-state index is 0.153. The third-order valence-electron chi connectivity index (χ3n) is 3.41. The molecule has 0 aliphatic carbocycles. The molecule has 0 aliphatic heterocycles. The number of rotatable bonds is 4. The summed E-state index contributed by atoms with van der Waals surface area (Å²) in [5, 5.41) is 0. The van der Waals surface area contributed by atoms with Gasteiger partial charge in [-0.05, 0) is 44.0 Å². The fourth-order valence-electron chi connectivity index (χ4n) is 2.47. The molecule has 0 unspecified atom stereocenters. The van der Waals surface area contributed by atoms with Gasteiger partial charge in [0.25, 0.3) is 5.56 Å². The van der Waals surface area contributed by atoms with Crippen molar-refractivity contribution >= 4 is 11.8 Å². The highest BCUT2D eigenvalue weighted by molar-refractivity contribution is 5.93. The van der Waals surface area contributed by atoms with E-state index in [4.69, 9.17) is 10.5 Å². The predicted octanol–water partition coefficient (Wildman–Crippen LogP) is 1.62. The Hall–Kier alpha value is -2.83. The fourth-order valence-corrected chi connectivity index (χ4v) is 2.47. The van der Waals surface area contributed by atoms with E-state index in [1.807, 2.05) is 32.9 Å². The van der Waals surface area contributed by atoms with E-state index in [1.165, 1.54) is 18.0 Å². The van der Waals surface area contributed by atoms with Crippen LogP contribution < -0.4 is 16.0 Å². The van der Waals surface area contributed by atoms with E-state index in [0.29, 0.717) is 12.3 Å². The molecule has 0 spiro atoms. The van der Waals surface area contributed by atoms with Gasteiger partial charge in [-0.2, -0.15) is 0 Å². The minimum atomic E-state index is -0.810. The van der Waals surface area contributed by atoms with Crippen LogP contribution in [0.5, 0.6) is 5.75 Å². The van der Waals surface area contributed by atoms with Gasteiger partial charge < -0.3 is 15.2 Å². The van der Waals surface area contributed by atoms with Gasteiger partial charge in [-0.1, -0.05) is 0 Å². The molecule has 1 aromatic carbocycles. The summed E-state index contributed by atoms with van der Waals surface area (Å²) in [5.41, 5.74) is 7.06. The van der Waals surface area contributed by atoms with Crippen LogP contribution in [0.25, 0.3) is 5.69 Å². The Labute approximate surface area is 133 Å². The highest BCUT2D eigenvalue weighted by atomic mass is 16.5. The largest absolute Gasteiger partial charge is 0.494 e. The van der Waals surface area contributed by atoms with E-state index in [-0.39, 0.29) is 11.4 Å². The summed E-state index contributed by atoms with van der Waals surface area (Å²) >= 11 is 0. The second-order valence-corrected chi connectivity index (χ2v) is 5.01. The molecule has 0 saturated carbocycles. The van der Waals surface area contributed by atoms with Crippen molar-refractivity contribution < 1.29 is 14.3 Å². The summed E-state index contributed by atoms with van der Waals surface area (Å²) in [6.45, 7) is 6.15. The minimum Gasteiger partial charge on any atom is -0.494 e. The predicted molar refractivity (Wildman–Crippen MR) is 86.2 cm³/mol. The average molecular weight is 317 g/mol. The average Bonchev–Trinajstić information content (AvgIpc) is 2.49. The van der Waals surface area contributed by atoms with Crippen LogP contribution >= 0.6 is 0 Å². The number of methoxy groups -OCH3 is 1. The molecule has 23 heavy (non-hydrogen) atoms. The second kappa shape index (κ2) is 6.51. The Bertz CT molecular complexity index is 788. The molecule has 7 heteroatoms.